The average molecular weight is 292 g/mol. The van der Waals surface area contributed by atoms with Crippen molar-refractivity contribution in [2.24, 2.45) is 5.73 Å². The van der Waals surface area contributed by atoms with Gasteiger partial charge < -0.3 is 15.8 Å². The summed E-state index contributed by atoms with van der Waals surface area (Å²) in [6.07, 6.45) is -4.30. The Kier molecular flexibility index (Phi) is 5.56. The molecule has 0 aliphatic heterocycles. The SMILES string of the molecule is Cc1ccc(C(N)=S)c(NCCOCC(F)(F)F)c1. The molecule has 0 bridgehead atoms. The summed E-state index contributed by atoms with van der Waals surface area (Å²) < 4.78 is 40.0. The van der Waals surface area contributed by atoms with Crippen LogP contribution in [0.5, 0.6) is 0 Å². The Morgan fingerprint density at radius 3 is 2.68 bits per heavy atom. The van der Waals surface area contributed by atoms with Crippen LogP contribution in [0.1, 0.15) is 11.1 Å². The molecule has 0 atom stereocenters. The van der Waals surface area contributed by atoms with Gasteiger partial charge in [0.1, 0.15) is 11.6 Å². The van der Waals surface area contributed by atoms with Crippen molar-refractivity contribution >= 4 is 22.9 Å². The maximum atomic E-state index is 11.8. The van der Waals surface area contributed by atoms with Gasteiger partial charge >= 0.3 is 6.18 Å². The van der Waals surface area contributed by atoms with E-state index >= 15 is 0 Å². The number of rotatable bonds is 6. The van der Waals surface area contributed by atoms with Crippen LogP contribution >= 0.6 is 12.2 Å². The van der Waals surface area contributed by atoms with Crippen LogP contribution in [0.25, 0.3) is 0 Å². The van der Waals surface area contributed by atoms with Crippen molar-refractivity contribution in [2.45, 2.75) is 13.1 Å². The van der Waals surface area contributed by atoms with Crippen LogP contribution in [0.4, 0.5) is 18.9 Å². The Morgan fingerprint density at radius 2 is 2.11 bits per heavy atom. The smallest absolute Gasteiger partial charge is 0.389 e. The van der Waals surface area contributed by atoms with Gasteiger partial charge in [0, 0.05) is 17.8 Å². The molecule has 7 heteroatoms. The molecule has 0 saturated heterocycles. The maximum absolute atomic E-state index is 11.8. The van der Waals surface area contributed by atoms with Gasteiger partial charge in [0.2, 0.25) is 0 Å². The van der Waals surface area contributed by atoms with Gasteiger partial charge in [-0.3, -0.25) is 0 Å². The number of thiocarbonyl (C=S) groups is 1. The Bertz CT molecular complexity index is 449. The molecule has 19 heavy (non-hydrogen) atoms. The number of ether oxygens (including phenoxy) is 1. The number of anilines is 1. The van der Waals surface area contributed by atoms with E-state index in [0.717, 1.165) is 5.56 Å². The zero-order valence-corrected chi connectivity index (χ0v) is 11.2. The van der Waals surface area contributed by atoms with Gasteiger partial charge in [0.25, 0.3) is 0 Å². The number of hydrogen-bond donors (Lipinski definition) is 2. The van der Waals surface area contributed by atoms with Crippen LogP contribution in [0.2, 0.25) is 0 Å². The third-order valence-electron chi connectivity index (χ3n) is 2.27. The molecule has 0 heterocycles. The first kappa shape index (κ1) is 15.7. The van der Waals surface area contributed by atoms with E-state index < -0.39 is 12.8 Å². The Hall–Kier alpha value is -1.34. The van der Waals surface area contributed by atoms with Gasteiger partial charge in [-0.1, -0.05) is 18.3 Å². The summed E-state index contributed by atoms with van der Waals surface area (Å²) in [5.74, 6) is 0. The minimum absolute atomic E-state index is 0.0514. The lowest BCUT2D eigenvalue weighted by Crippen LogP contribution is -2.21. The summed E-state index contributed by atoms with van der Waals surface area (Å²) in [5, 5.41) is 2.96. The van der Waals surface area contributed by atoms with Gasteiger partial charge in [-0.2, -0.15) is 13.2 Å². The fourth-order valence-corrected chi connectivity index (χ4v) is 1.64. The normalized spacial score (nSPS) is 11.4. The van der Waals surface area contributed by atoms with Gasteiger partial charge in [0.15, 0.2) is 0 Å². The van der Waals surface area contributed by atoms with Crippen molar-refractivity contribution in [3.63, 3.8) is 0 Å². The first-order chi connectivity index (χ1) is 8.79. The topological polar surface area (TPSA) is 47.3 Å². The summed E-state index contributed by atoms with van der Waals surface area (Å²) in [7, 11) is 0. The number of alkyl halides is 3. The second kappa shape index (κ2) is 6.72. The predicted octanol–water partition coefficient (Wildman–Crippen LogP) is 2.62. The van der Waals surface area contributed by atoms with Crippen molar-refractivity contribution in [1.82, 2.24) is 0 Å². The molecule has 0 radical (unpaired) electrons. The monoisotopic (exact) mass is 292 g/mol. The third-order valence-corrected chi connectivity index (χ3v) is 2.49. The molecule has 0 saturated carbocycles. The average Bonchev–Trinajstić information content (AvgIpc) is 2.26. The van der Waals surface area contributed by atoms with Gasteiger partial charge in [-0.05, 0) is 24.6 Å². The Balaban J connectivity index is 2.49. The van der Waals surface area contributed by atoms with Gasteiger partial charge in [-0.15, -0.1) is 0 Å². The molecule has 3 nitrogen and oxygen atoms in total. The Labute approximate surface area is 114 Å². The third kappa shape index (κ3) is 5.89. The lowest BCUT2D eigenvalue weighted by Gasteiger charge is -2.13. The minimum Gasteiger partial charge on any atom is -0.389 e. The van der Waals surface area contributed by atoms with E-state index in [1.165, 1.54) is 0 Å². The van der Waals surface area contributed by atoms with E-state index in [1.807, 2.05) is 19.1 Å². The zero-order valence-electron chi connectivity index (χ0n) is 10.4. The van der Waals surface area contributed by atoms with E-state index in [4.69, 9.17) is 18.0 Å². The summed E-state index contributed by atoms with van der Waals surface area (Å²) in [6, 6.07) is 5.47. The Morgan fingerprint density at radius 1 is 1.42 bits per heavy atom. The molecule has 1 aromatic rings. The van der Waals surface area contributed by atoms with Crippen molar-refractivity contribution < 1.29 is 17.9 Å². The summed E-state index contributed by atoms with van der Waals surface area (Å²) in [4.78, 5) is 0.235. The van der Waals surface area contributed by atoms with E-state index in [1.54, 1.807) is 6.07 Å². The molecule has 0 spiro atoms. The molecule has 0 aliphatic rings. The molecule has 0 aliphatic carbocycles. The van der Waals surface area contributed by atoms with E-state index in [0.29, 0.717) is 11.3 Å². The maximum Gasteiger partial charge on any atom is 0.411 e. The van der Waals surface area contributed by atoms with Crippen molar-refractivity contribution in [2.75, 3.05) is 25.1 Å². The first-order valence-electron chi connectivity index (χ1n) is 5.58. The number of nitrogens with two attached hydrogens (primary N) is 1. The van der Waals surface area contributed by atoms with Crippen molar-refractivity contribution in [3.8, 4) is 0 Å². The predicted molar refractivity (Wildman–Crippen MR) is 72.4 cm³/mol. The minimum atomic E-state index is -4.30. The van der Waals surface area contributed by atoms with Crippen LogP contribution in [-0.2, 0) is 4.74 Å². The molecular weight excluding hydrogens is 277 g/mol. The van der Waals surface area contributed by atoms with Gasteiger partial charge in [0.05, 0.1) is 6.61 Å². The molecule has 1 rings (SSSR count). The molecule has 0 unspecified atom stereocenters. The summed E-state index contributed by atoms with van der Waals surface area (Å²) >= 11 is 4.90. The number of halogens is 3. The molecule has 0 fully saturated rings. The number of hydrogen-bond acceptors (Lipinski definition) is 3. The van der Waals surface area contributed by atoms with E-state index in [9.17, 15) is 13.2 Å². The van der Waals surface area contributed by atoms with Crippen molar-refractivity contribution in [3.05, 3.63) is 29.3 Å². The molecule has 106 valence electrons. The lowest BCUT2D eigenvalue weighted by atomic mass is 10.1. The number of benzene rings is 1. The summed E-state index contributed by atoms with van der Waals surface area (Å²) in [5.41, 5.74) is 7.92. The van der Waals surface area contributed by atoms with Crippen LogP contribution in [0.3, 0.4) is 0 Å². The van der Waals surface area contributed by atoms with Crippen LogP contribution in [0.15, 0.2) is 18.2 Å². The van der Waals surface area contributed by atoms with Gasteiger partial charge in [-0.25, -0.2) is 0 Å². The number of aryl methyl sites for hydroxylation is 1. The quantitative estimate of drug-likeness (QED) is 0.625. The highest BCUT2D eigenvalue weighted by molar-refractivity contribution is 7.80. The van der Waals surface area contributed by atoms with Crippen molar-refractivity contribution in [1.29, 1.82) is 0 Å². The van der Waals surface area contributed by atoms with Crippen LogP contribution in [-0.4, -0.2) is 30.9 Å². The van der Waals surface area contributed by atoms with Crippen LogP contribution < -0.4 is 11.1 Å². The molecule has 0 amide bonds. The highest BCUT2D eigenvalue weighted by atomic mass is 32.1. The lowest BCUT2D eigenvalue weighted by molar-refractivity contribution is -0.172. The molecule has 1 aromatic carbocycles. The van der Waals surface area contributed by atoms with E-state index in [-0.39, 0.29) is 18.1 Å². The number of nitrogens with one attached hydrogen (secondary N) is 1. The highest BCUT2D eigenvalue weighted by Crippen LogP contribution is 2.17. The highest BCUT2D eigenvalue weighted by Gasteiger charge is 2.27. The fourth-order valence-electron chi connectivity index (χ4n) is 1.46. The van der Waals surface area contributed by atoms with E-state index in [2.05, 4.69) is 10.1 Å². The molecule has 0 aromatic heterocycles. The first-order valence-corrected chi connectivity index (χ1v) is 5.99. The second-order valence-electron chi connectivity index (χ2n) is 4.01. The second-order valence-corrected chi connectivity index (χ2v) is 4.45. The zero-order chi connectivity index (χ0) is 14.5. The largest absolute Gasteiger partial charge is 0.411 e. The standard InChI is InChI=1S/C12H15F3N2OS/c1-8-2-3-9(11(16)19)10(6-8)17-4-5-18-7-12(13,14)15/h2-3,6,17H,4-5,7H2,1H3,(H2,16,19). The molecular formula is C12H15F3N2OS. The fraction of sp³-hybridized carbons (Fsp3) is 0.417. The van der Waals surface area contributed by atoms with Crippen LogP contribution in [0, 0.1) is 6.92 Å². The molecule has 3 N–H and O–H groups in total. The summed E-state index contributed by atoms with van der Waals surface area (Å²) in [6.45, 7) is 0.846.